The molecular weight excluding hydrogens is 344 g/mol. The Balaban J connectivity index is 1.43. The molecule has 0 unspecified atom stereocenters. The van der Waals surface area contributed by atoms with Crippen LogP contribution in [-0.4, -0.2) is 79.1 Å². The van der Waals surface area contributed by atoms with Crippen LogP contribution in [-0.2, 0) is 4.79 Å². The molecule has 0 bridgehead atoms. The third kappa shape index (κ3) is 5.13. The number of carbonyl (C=O) groups is 2. The van der Waals surface area contributed by atoms with E-state index in [4.69, 9.17) is 4.74 Å². The van der Waals surface area contributed by atoms with Crippen LogP contribution in [0.4, 0.5) is 10.5 Å². The van der Waals surface area contributed by atoms with Crippen LogP contribution in [0.2, 0.25) is 0 Å². The quantitative estimate of drug-likeness (QED) is 0.878. The summed E-state index contributed by atoms with van der Waals surface area (Å²) < 4.78 is 5.12. The SMILES string of the molecule is COc1ccc(NC(=O)N2CCN(CC(=O)N3CCCC[C@@H]3C)CC2)cc1. The Hall–Kier alpha value is -2.28. The number of hydrogen-bond donors (Lipinski definition) is 1. The number of carbonyl (C=O) groups excluding carboxylic acids is 2. The molecule has 7 nitrogen and oxygen atoms in total. The number of ether oxygens (including phenoxy) is 1. The van der Waals surface area contributed by atoms with Crippen LogP contribution in [0.15, 0.2) is 24.3 Å². The molecule has 27 heavy (non-hydrogen) atoms. The van der Waals surface area contributed by atoms with E-state index < -0.39 is 0 Å². The van der Waals surface area contributed by atoms with Gasteiger partial charge in [0.15, 0.2) is 0 Å². The fourth-order valence-corrected chi connectivity index (χ4v) is 3.74. The smallest absolute Gasteiger partial charge is 0.321 e. The van der Waals surface area contributed by atoms with Crippen molar-refractivity contribution in [2.75, 3.05) is 51.7 Å². The van der Waals surface area contributed by atoms with Crippen molar-refractivity contribution >= 4 is 17.6 Å². The van der Waals surface area contributed by atoms with E-state index in [0.29, 0.717) is 25.7 Å². The first kappa shape index (κ1) is 19.5. The third-order valence-electron chi connectivity index (χ3n) is 5.48. The number of nitrogens with one attached hydrogen (secondary N) is 1. The minimum atomic E-state index is -0.101. The van der Waals surface area contributed by atoms with Crippen molar-refractivity contribution in [3.8, 4) is 5.75 Å². The van der Waals surface area contributed by atoms with E-state index in [1.165, 1.54) is 6.42 Å². The molecule has 3 rings (SSSR count). The molecule has 2 heterocycles. The molecule has 2 aliphatic heterocycles. The maximum absolute atomic E-state index is 12.6. The fourth-order valence-electron chi connectivity index (χ4n) is 3.74. The summed E-state index contributed by atoms with van der Waals surface area (Å²) in [6, 6.07) is 7.54. The number of anilines is 1. The van der Waals surface area contributed by atoms with Crippen LogP contribution >= 0.6 is 0 Å². The van der Waals surface area contributed by atoms with Crippen molar-refractivity contribution in [2.24, 2.45) is 0 Å². The number of piperidine rings is 1. The lowest BCUT2D eigenvalue weighted by atomic mass is 10.0. The molecule has 3 amide bonds. The molecule has 0 radical (unpaired) electrons. The van der Waals surface area contributed by atoms with Gasteiger partial charge in [-0.1, -0.05) is 0 Å². The lowest BCUT2D eigenvalue weighted by Crippen LogP contribution is -2.53. The third-order valence-corrected chi connectivity index (χ3v) is 5.48. The van der Waals surface area contributed by atoms with Crippen LogP contribution in [0.25, 0.3) is 0 Å². The zero-order valence-electron chi connectivity index (χ0n) is 16.3. The highest BCUT2D eigenvalue weighted by atomic mass is 16.5. The summed E-state index contributed by atoms with van der Waals surface area (Å²) in [5, 5.41) is 2.91. The largest absolute Gasteiger partial charge is 0.497 e. The second-order valence-electron chi connectivity index (χ2n) is 7.35. The molecule has 1 N–H and O–H groups in total. The summed E-state index contributed by atoms with van der Waals surface area (Å²) in [4.78, 5) is 31.0. The van der Waals surface area contributed by atoms with Gasteiger partial charge in [0.2, 0.25) is 5.91 Å². The Morgan fingerprint density at radius 3 is 2.41 bits per heavy atom. The average molecular weight is 374 g/mol. The van der Waals surface area contributed by atoms with E-state index in [1.807, 2.05) is 29.2 Å². The van der Waals surface area contributed by atoms with Crippen LogP contribution in [0.3, 0.4) is 0 Å². The van der Waals surface area contributed by atoms with E-state index in [2.05, 4.69) is 17.1 Å². The number of urea groups is 1. The van der Waals surface area contributed by atoms with Gasteiger partial charge in [0.05, 0.1) is 13.7 Å². The average Bonchev–Trinajstić information content (AvgIpc) is 2.69. The molecule has 1 aromatic carbocycles. The molecule has 2 aliphatic rings. The van der Waals surface area contributed by atoms with Crippen LogP contribution in [0.1, 0.15) is 26.2 Å². The van der Waals surface area contributed by atoms with Gasteiger partial charge >= 0.3 is 6.03 Å². The number of likely N-dealkylation sites (tertiary alicyclic amines) is 1. The van der Waals surface area contributed by atoms with E-state index in [-0.39, 0.29) is 11.9 Å². The minimum Gasteiger partial charge on any atom is -0.497 e. The molecule has 7 heteroatoms. The zero-order chi connectivity index (χ0) is 19.2. The Kier molecular flexibility index (Phi) is 6.55. The van der Waals surface area contributed by atoms with Crippen LogP contribution in [0.5, 0.6) is 5.75 Å². The monoisotopic (exact) mass is 374 g/mol. The van der Waals surface area contributed by atoms with Gasteiger partial charge < -0.3 is 19.9 Å². The molecule has 0 aliphatic carbocycles. The Morgan fingerprint density at radius 2 is 1.78 bits per heavy atom. The predicted molar refractivity (Wildman–Crippen MR) is 105 cm³/mol. The molecule has 1 aromatic rings. The molecule has 1 atom stereocenters. The number of methoxy groups -OCH3 is 1. The number of hydrogen-bond acceptors (Lipinski definition) is 4. The number of amides is 3. The lowest BCUT2D eigenvalue weighted by molar-refractivity contribution is -0.136. The first-order chi connectivity index (χ1) is 13.1. The van der Waals surface area contributed by atoms with Crippen molar-refractivity contribution in [3.05, 3.63) is 24.3 Å². The van der Waals surface area contributed by atoms with Crippen molar-refractivity contribution in [3.63, 3.8) is 0 Å². The maximum atomic E-state index is 12.6. The van der Waals surface area contributed by atoms with Gasteiger partial charge in [0, 0.05) is 44.5 Å². The van der Waals surface area contributed by atoms with Crippen molar-refractivity contribution < 1.29 is 14.3 Å². The van der Waals surface area contributed by atoms with E-state index in [0.717, 1.165) is 43.9 Å². The van der Waals surface area contributed by atoms with Gasteiger partial charge in [-0.3, -0.25) is 9.69 Å². The Bertz CT molecular complexity index is 641. The van der Waals surface area contributed by atoms with Gasteiger partial charge in [-0.05, 0) is 50.5 Å². The molecule has 0 saturated carbocycles. The van der Waals surface area contributed by atoms with Gasteiger partial charge in [-0.2, -0.15) is 0 Å². The summed E-state index contributed by atoms with van der Waals surface area (Å²) in [5.41, 5.74) is 0.748. The Labute approximate surface area is 161 Å². The molecule has 2 saturated heterocycles. The molecule has 2 fully saturated rings. The molecule has 0 spiro atoms. The van der Waals surface area contributed by atoms with Crippen molar-refractivity contribution in [2.45, 2.75) is 32.2 Å². The standard InChI is InChI=1S/C20H30N4O3/c1-16-5-3-4-10-24(16)19(25)15-22-11-13-23(14-12-22)20(26)21-17-6-8-18(27-2)9-7-17/h6-9,16H,3-5,10-15H2,1-2H3,(H,21,26)/t16-/m0/s1. The van der Waals surface area contributed by atoms with Gasteiger partial charge in [0.25, 0.3) is 0 Å². The molecular formula is C20H30N4O3. The first-order valence-electron chi connectivity index (χ1n) is 9.78. The zero-order valence-corrected chi connectivity index (χ0v) is 16.3. The second kappa shape index (κ2) is 9.08. The number of piperazine rings is 1. The molecule has 0 aromatic heterocycles. The topological polar surface area (TPSA) is 65.1 Å². The first-order valence-corrected chi connectivity index (χ1v) is 9.78. The van der Waals surface area contributed by atoms with Crippen molar-refractivity contribution in [1.29, 1.82) is 0 Å². The highest BCUT2D eigenvalue weighted by molar-refractivity contribution is 5.89. The minimum absolute atomic E-state index is 0.101. The highest BCUT2D eigenvalue weighted by Gasteiger charge is 2.27. The van der Waals surface area contributed by atoms with E-state index in [1.54, 1.807) is 12.0 Å². The van der Waals surface area contributed by atoms with E-state index in [9.17, 15) is 9.59 Å². The van der Waals surface area contributed by atoms with E-state index >= 15 is 0 Å². The lowest BCUT2D eigenvalue weighted by Gasteiger charge is -2.38. The number of rotatable bonds is 4. The van der Waals surface area contributed by atoms with Crippen LogP contribution in [0, 0.1) is 0 Å². The summed E-state index contributed by atoms with van der Waals surface area (Å²) in [5.74, 6) is 0.979. The van der Waals surface area contributed by atoms with Gasteiger partial charge in [-0.25, -0.2) is 4.79 Å². The fraction of sp³-hybridized carbons (Fsp3) is 0.600. The van der Waals surface area contributed by atoms with Gasteiger partial charge in [0.1, 0.15) is 5.75 Å². The normalized spacial score (nSPS) is 21.0. The predicted octanol–water partition coefficient (Wildman–Crippen LogP) is 2.25. The number of nitrogens with zero attached hydrogens (tertiary/aromatic N) is 3. The second-order valence-corrected chi connectivity index (χ2v) is 7.35. The number of benzene rings is 1. The van der Waals surface area contributed by atoms with Crippen molar-refractivity contribution in [1.82, 2.24) is 14.7 Å². The Morgan fingerprint density at radius 1 is 1.07 bits per heavy atom. The highest BCUT2D eigenvalue weighted by Crippen LogP contribution is 2.18. The summed E-state index contributed by atoms with van der Waals surface area (Å²) >= 11 is 0. The summed E-state index contributed by atoms with van der Waals surface area (Å²) in [6.45, 7) is 6.19. The van der Waals surface area contributed by atoms with Gasteiger partial charge in [-0.15, -0.1) is 0 Å². The van der Waals surface area contributed by atoms with Crippen LogP contribution < -0.4 is 10.1 Å². The summed E-state index contributed by atoms with van der Waals surface area (Å²) in [7, 11) is 1.61. The maximum Gasteiger partial charge on any atom is 0.321 e. The molecule has 148 valence electrons. The summed E-state index contributed by atoms with van der Waals surface area (Å²) in [6.07, 6.45) is 3.42.